The lowest BCUT2D eigenvalue weighted by Crippen LogP contribution is -2.46. The molecule has 9 heteroatoms. The van der Waals surface area contributed by atoms with Crippen LogP contribution in [0.15, 0.2) is 41.5 Å². The Morgan fingerprint density at radius 2 is 2.07 bits per heavy atom. The van der Waals surface area contributed by atoms with Crippen molar-refractivity contribution in [1.29, 1.82) is 5.41 Å². The van der Waals surface area contributed by atoms with E-state index in [0.717, 1.165) is 6.21 Å². The average Bonchev–Trinajstić information content (AvgIpc) is 2.71. The summed E-state index contributed by atoms with van der Waals surface area (Å²) in [6.45, 7) is 5.39. The number of amidine groups is 1. The summed E-state index contributed by atoms with van der Waals surface area (Å²) in [5.74, 6) is 0.695. The highest BCUT2D eigenvalue weighted by Gasteiger charge is 2.24. The number of anilines is 1. The zero-order chi connectivity index (χ0) is 21.7. The van der Waals surface area contributed by atoms with Gasteiger partial charge in [0.1, 0.15) is 5.84 Å². The molecule has 2 heterocycles. The fraction of sp³-hybridized carbons (Fsp3) is 0.333. The van der Waals surface area contributed by atoms with Gasteiger partial charge in [0.25, 0.3) is 0 Å². The van der Waals surface area contributed by atoms with Crippen LogP contribution in [0.25, 0.3) is 5.57 Å². The summed E-state index contributed by atoms with van der Waals surface area (Å²) in [7, 11) is 1.39. The second-order valence-electron chi connectivity index (χ2n) is 7.01. The predicted molar refractivity (Wildman–Crippen MR) is 115 cm³/mol. The maximum atomic E-state index is 14.0. The van der Waals surface area contributed by atoms with E-state index < -0.39 is 5.82 Å². The first kappa shape index (κ1) is 21.4. The summed E-state index contributed by atoms with van der Waals surface area (Å²) in [5, 5.41) is 7.64. The van der Waals surface area contributed by atoms with Crippen LogP contribution in [0.1, 0.15) is 19.4 Å². The molecule has 2 atom stereocenters. The molecule has 3 rings (SSSR count). The van der Waals surface area contributed by atoms with Crippen LogP contribution >= 0.6 is 0 Å². The minimum absolute atomic E-state index is 0.0811. The average molecular weight is 412 g/mol. The third kappa shape index (κ3) is 5.18. The number of nitrogens with zero attached hydrogens (tertiary/aromatic N) is 4. The van der Waals surface area contributed by atoms with Crippen LogP contribution in [0.4, 0.5) is 16.2 Å². The third-order valence-electron chi connectivity index (χ3n) is 4.52. The van der Waals surface area contributed by atoms with Gasteiger partial charge in [-0.25, -0.2) is 14.4 Å². The van der Waals surface area contributed by atoms with Gasteiger partial charge < -0.3 is 25.5 Å². The van der Waals surface area contributed by atoms with Gasteiger partial charge in [-0.1, -0.05) is 6.07 Å². The number of aliphatic imine (C=N–C) groups is 1. The maximum absolute atomic E-state index is 14.0. The number of morpholine rings is 1. The van der Waals surface area contributed by atoms with Crippen LogP contribution in [-0.4, -0.2) is 54.4 Å². The van der Waals surface area contributed by atoms with Crippen LogP contribution in [0.2, 0.25) is 0 Å². The van der Waals surface area contributed by atoms with Crippen molar-refractivity contribution < 1.29 is 13.9 Å². The highest BCUT2D eigenvalue weighted by molar-refractivity contribution is 6.15. The van der Waals surface area contributed by atoms with Gasteiger partial charge in [0.2, 0.25) is 5.95 Å². The minimum atomic E-state index is -0.521. The van der Waals surface area contributed by atoms with E-state index in [9.17, 15) is 4.39 Å². The van der Waals surface area contributed by atoms with Crippen LogP contribution in [0, 0.1) is 11.2 Å². The molecule has 0 aliphatic carbocycles. The number of halogens is 1. The Kier molecular flexibility index (Phi) is 6.73. The second-order valence-corrected chi connectivity index (χ2v) is 7.01. The summed E-state index contributed by atoms with van der Waals surface area (Å²) in [4.78, 5) is 15.2. The number of nitrogens with one attached hydrogen (secondary N) is 1. The van der Waals surface area contributed by atoms with Crippen LogP contribution < -0.4 is 15.4 Å². The molecule has 3 N–H and O–H groups in total. The fourth-order valence-electron chi connectivity index (χ4n) is 3.27. The Bertz CT molecular complexity index is 968. The lowest BCUT2D eigenvalue weighted by molar-refractivity contribution is -0.00571. The number of hydrogen-bond acceptors (Lipinski definition) is 7. The van der Waals surface area contributed by atoms with Crippen molar-refractivity contribution in [3.63, 3.8) is 0 Å². The van der Waals surface area contributed by atoms with Gasteiger partial charge in [-0.05, 0) is 37.6 Å². The molecule has 0 saturated carbocycles. The largest absolute Gasteiger partial charge is 0.494 e. The smallest absolute Gasteiger partial charge is 0.227 e. The summed E-state index contributed by atoms with van der Waals surface area (Å²) >= 11 is 0. The van der Waals surface area contributed by atoms with Crippen molar-refractivity contribution in [2.75, 3.05) is 25.1 Å². The first-order chi connectivity index (χ1) is 14.4. The number of methoxy groups -OCH3 is 1. The van der Waals surface area contributed by atoms with E-state index >= 15 is 0 Å². The number of benzene rings is 1. The molecule has 0 bridgehead atoms. The molecule has 1 aliphatic rings. The zero-order valence-corrected chi connectivity index (χ0v) is 17.2. The molecule has 1 saturated heterocycles. The second kappa shape index (κ2) is 9.45. The van der Waals surface area contributed by atoms with Crippen molar-refractivity contribution in [2.45, 2.75) is 26.1 Å². The Hall–Kier alpha value is -3.33. The quantitative estimate of drug-likeness (QED) is 0.558. The molecule has 30 heavy (non-hydrogen) atoms. The molecule has 8 nitrogen and oxygen atoms in total. The fourth-order valence-corrected chi connectivity index (χ4v) is 3.27. The number of hydrogen-bond donors (Lipinski definition) is 2. The zero-order valence-electron chi connectivity index (χ0n) is 17.2. The SMILES string of the molecule is COc1ccc(/C(C=N)=C/C(N)=Nc2ccnc(N3C[C@@H](C)O[C@@H](C)C3)n2)cc1F. The third-order valence-corrected chi connectivity index (χ3v) is 4.52. The number of nitrogens with two attached hydrogens (primary N) is 1. The Morgan fingerprint density at radius 1 is 1.33 bits per heavy atom. The number of rotatable bonds is 6. The van der Waals surface area contributed by atoms with E-state index in [2.05, 4.69) is 15.0 Å². The van der Waals surface area contributed by atoms with E-state index in [-0.39, 0.29) is 23.8 Å². The normalized spacial score (nSPS) is 20.2. The van der Waals surface area contributed by atoms with Gasteiger partial charge in [-0.15, -0.1) is 0 Å². The molecule has 0 unspecified atom stereocenters. The Labute approximate surface area is 174 Å². The minimum Gasteiger partial charge on any atom is -0.494 e. The number of ether oxygens (including phenoxy) is 2. The molecule has 0 amide bonds. The van der Waals surface area contributed by atoms with Crippen molar-refractivity contribution >= 4 is 29.4 Å². The maximum Gasteiger partial charge on any atom is 0.227 e. The van der Waals surface area contributed by atoms with E-state index in [1.54, 1.807) is 18.3 Å². The first-order valence-electron chi connectivity index (χ1n) is 9.53. The lowest BCUT2D eigenvalue weighted by Gasteiger charge is -2.35. The van der Waals surface area contributed by atoms with Crippen LogP contribution in [0.5, 0.6) is 5.75 Å². The van der Waals surface area contributed by atoms with Crippen molar-refractivity contribution in [2.24, 2.45) is 10.7 Å². The van der Waals surface area contributed by atoms with E-state index in [4.69, 9.17) is 20.6 Å². The summed E-state index contributed by atoms with van der Waals surface area (Å²) in [6, 6.07) is 6.08. The van der Waals surface area contributed by atoms with Crippen molar-refractivity contribution in [3.05, 3.63) is 47.9 Å². The molecule has 1 fully saturated rings. The van der Waals surface area contributed by atoms with Gasteiger partial charge in [-0.3, -0.25) is 0 Å². The van der Waals surface area contributed by atoms with E-state index in [0.29, 0.717) is 36.0 Å². The molecule has 1 aromatic heterocycles. The topological polar surface area (TPSA) is 110 Å². The van der Waals surface area contributed by atoms with E-state index in [1.807, 2.05) is 18.7 Å². The molecule has 0 radical (unpaired) electrons. The Balaban J connectivity index is 1.83. The van der Waals surface area contributed by atoms with Gasteiger partial charge >= 0.3 is 0 Å². The van der Waals surface area contributed by atoms with Gasteiger partial charge in [0.15, 0.2) is 17.4 Å². The van der Waals surface area contributed by atoms with E-state index in [1.165, 1.54) is 25.3 Å². The molecule has 0 spiro atoms. The van der Waals surface area contributed by atoms with Gasteiger partial charge in [-0.2, -0.15) is 4.98 Å². The molecule has 158 valence electrons. The standard InChI is InChI=1S/C21H25FN6O2/c1-13-11-28(12-14(2)30-13)21-25-7-6-20(27-21)26-19(24)9-16(10-23)15-4-5-18(29-3)17(22)8-15/h4-10,13-14,23H,11-12H2,1-3H3,(H2,24,25,26,27)/b16-9+,23-10?/t13-,14+. The van der Waals surface area contributed by atoms with Crippen LogP contribution in [0.3, 0.4) is 0 Å². The molecular formula is C21H25FN6O2. The highest BCUT2D eigenvalue weighted by Crippen LogP contribution is 2.22. The van der Waals surface area contributed by atoms with Crippen molar-refractivity contribution in [1.82, 2.24) is 9.97 Å². The number of allylic oxidation sites excluding steroid dienone is 1. The summed E-state index contributed by atoms with van der Waals surface area (Å²) < 4.78 is 24.7. The summed E-state index contributed by atoms with van der Waals surface area (Å²) in [5.41, 5.74) is 6.94. The number of aromatic nitrogens is 2. The molecule has 1 aliphatic heterocycles. The monoisotopic (exact) mass is 412 g/mol. The highest BCUT2D eigenvalue weighted by atomic mass is 19.1. The lowest BCUT2D eigenvalue weighted by atomic mass is 10.1. The van der Waals surface area contributed by atoms with Gasteiger partial charge in [0.05, 0.1) is 19.3 Å². The summed E-state index contributed by atoms with van der Waals surface area (Å²) in [6.07, 6.45) is 4.37. The van der Waals surface area contributed by atoms with Crippen LogP contribution in [-0.2, 0) is 4.74 Å². The Morgan fingerprint density at radius 3 is 2.70 bits per heavy atom. The first-order valence-corrected chi connectivity index (χ1v) is 9.53. The molecule has 1 aromatic carbocycles. The van der Waals surface area contributed by atoms with Crippen molar-refractivity contribution in [3.8, 4) is 5.75 Å². The van der Waals surface area contributed by atoms with Gasteiger partial charge in [0, 0.05) is 37.1 Å². The molecular weight excluding hydrogens is 387 g/mol. The predicted octanol–water partition coefficient (Wildman–Crippen LogP) is 2.96. The molecule has 2 aromatic rings.